The van der Waals surface area contributed by atoms with Crippen molar-refractivity contribution >= 4 is 72.7 Å². The Bertz CT molecular complexity index is 3890. The Hall–Kier alpha value is -7.87. The summed E-state index contributed by atoms with van der Waals surface area (Å²) in [5.74, 6) is -0.404. The minimum absolute atomic E-state index is 0.103. The molecule has 3 fully saturated rings. The Morgan fingerprint density at radius 2 is 1.53 bits per heavy atom. The zero-order valence-corrected chi connectivity index (χ0v) is 48.8. The molecular formula is C56H55FN11O15P2S+. The molecule has 30 heteroatoms. The maximum absolute atomic E-state index is 17.0. The highest BCUT2D eigenvalue weighted by Gasteiger charge is 2.66. The number of hydrogen-bond acceptors (Lipinski definition) is 21. The molecule has 0 spiro atoms. The van der Waals surface area contributed by atoms with E-state index in [1.807, 2.05) is 84.9 Å². The van der Waals surface area contributed by atoms with E-state index in [2.05, 4.69) is 40.5 Å². The van der Waals surface area contributed by atoms with Crippen molar-refractivity contribution in [1.82, 2.24) is 39.0 Å². The molecule has 86 heavy (non-hydrogen) atoms. The molecule has 26 nitrogen and oxygen atoms in total. The van der Waals surface area contributed by atoms with Crippen LogP contribution in [0, 0.1) is 17.2 Å². The van der Waals surface area contributed by atoms with E-state index in [1.54, 1.807) is 63.0 Å². The summed E-state index contributed by atoms with van der Waals surface area (Å²) in [6.45, 7) is -2.61. The molecule has 0 aliphatic carbocycles. The van der Waals surface area contributed by atoms with Gasteiger partial charge in [-0.25, -0.2) is 24.3 Å². The van der Waals surface area contributed by atoms with Crippen molar-refractivity contribution in [2.24, 2.45) is 5.92 Å². The second-order valence-corrected chi connectivity index (χ2v) is 23.9. The number of carbonyl (C=O) groups excluding carboxylic acids is 2. The third kappa shape index (κ3) is 11.8. The summed E-state index contributed by atoms with van der Waals surface area (Å²) in [4.78, 5) is 73.7. The number of nitrogens with one attached hydrogen (secondary N) is 3. The molecular weight excluding hydrogens is 1180 g/mol. The van der Waals surface area contributed by atoms with Crippen molar-refractivity contribution in [3.05, 3.63) is 161 Å². The van der Waals surface area contributed by atoms with Gasteiger partial charge in [-0.15, -0.1) is 9.42 Å². The summed E-state index contributed by atoms with van der Waals surface area (Å²) < 4.78 is 95.5. The molecule has 4 aromatic carbocycles. The van der Waals surface area contributed by atoms with E-state index in [0.717, 1.165) is 10.9 Å². The number of nitriles is 1. The number of alkyl halides is 1. The van der Waals surface area contributed by atoms with Gasteiger partial charge in [-0.05, 0) is 64.9 Å². The first-order valence-electron chi connectivity index (χ1n) is 26.7. The lowest BCUT2D eigenvalue weighted by molar-refractivity contribution is -0.202. The second kappa shape index (κ2) is 25.2. The quantitative estimate of drug-likeness (QED) is 0.0261. The third-order valence-electron chi connectivity index (χ3n) is 14.6. The van der Waals surface area contributed by atoms with Gasteiger partial charge in [0.25, 0.3) is 11.5 Å². The van der Waals surface area contributed by atoms with Crippen LogP contribution in [0.5, 0.6) is 11.5 Å². The highest BCUT2D eigenvalue weighted by Crippen LogP contribution is 2.59. The number of amides is 2. The molecule has 2 unspecified atom stereocenters. The number of fused-ring (bicyclic) bond motifs is 4. The van der Waals surface area contributed by atoms with Gasteiger partial charge < -0.3 is 42.8 Å². The van der Waals surface area contributed by atoms with E-state index in [4.69, 9.17) is 58.3 Å². The minimum Gasteiger partial charge on any atom is -0.497 e. The lowest BCUT2D eigenvalue weighted by atomic mass is 9.79. The van der Waals surface area contributed by atoms with Crippen LogP contribution in [-0.2, 0) is 63.8 Å². The maximum Gasteiger partial charge on any atom is 0.695 e. The van der Waals surface area contributed by atoms with Gasteiger partial charge in [0.15, 0.2) is 52.9 Å². The van der Waals surface area contributed by atoms with Crippen LogP contribution in [0.2, 0.25) is 0 Å². The number of H-pyrrole nitrogens is 1. The molecule has 0 saturated carbocycles. The van der Waals surface area contributed by atoms with Crippen LogP contribution < -0.4 is 25.7 Å². The molecule has 3 aliphatic heterocycles. The first kappa shape index (κ1) is 59.8. The van der Waals surface area contributed by atoms with Crippen LogP contribution in [0.3, 0.4) is 0 Å². The number of rotatable bonds is 24. The van der Waals surface area contributed by atoms with Gasteiger partial charge in [-0.3, -0.25) is 38.3 Å². The predicted molar refractivity (Wildman–Crippen MR) is 307 cm³/mol. The number of benzene rings is 4. The number of imidazole rings is 2. The molecule has 10 atom stereocenters. The zero-order chi connectivity index (χ0) is 60.3. The molecule has 2 amide bonds. The van der Waals surface area contributed by atoms with Gasteiger partial charge in [-0.2, -0.15) is 10.2 Å². The molecule has 7 heterocycles. The maximum atomic E-state index is 17.0. The number of aromatic amines is 1. The lowest BCUT2D eigenvalue weighted by Crippen LogP contribution is -2.49. The lowest BCUT2D eigenvalue weighted by Gasteiger charge is -2.40. The van der Waals surface area contributed by atoms with Crippen LogP contribution in [0.25, 0.3) is 22.3 Å². The van der Waals surface area contributed by atoms with Gasteiger partial charge in [0.2, 0.25) is 11.9 Å². The molecule has 8 aromatic rings. The Kier molecular flexibility index (Phi) is 17.6. The van der Waals surface area contributed by atoms with Crippen LogP contribution >= 0.6 is 15.0 Å². The fraction of sp³-hybridized carbons (Fsp3) is 0.339. The normalized spacial score (nSPS) is 22.6. The average molecular weight is 1240 g/mol. The third-order valence-corrected chi connectivity index (χ3v) is 17.4. The first-order chi connectivity index (χ1) is 41.6. The fourth-order valence-corrected chi connectivity index (χ4v) is 12.9. The van der Waals surface area contributed by atoms with Crippen LogP contribution in [-0.4, -0.2) is 133 Å². The van der Waals surface area contributed by atoms with Crippen LogP contribution in [0.1, 0.15) is 59.8 Å². The molecule has 446 valence electrons. The second-order valence-electron chi connectivity index (χ2n) is 20.2. The molecule has 0 radical (unpaired) electrons. The Labute approximate surface area is 495 Å². The van der Waals surface area contributed by atoms with E-state index < -0.39 is 99.1 Å². The number of carbonyl (C=O) groups is 2. The fourth-order valence-electron chi connectivity index (χ4n) is 10.4. The number of hydrogen-bond donors (Lipinski definition) is 4. The van der Waals surface area contributed by atoms with Crippen molar-refractivity contribution in [2.75, 3.05) is 51.3 Å². The van der Waals surface area contributed by atoms with E-state index in [9.17, 15) is 29.1 Å². The van der Waals surface area contributed by atoms with Gasteiger partial charge in [-0.1, -0.05) is 86.6 Å². The Balaban J connectivity index is 0.966. The monoisotopic (exact) mass is 1230 g/mol. The summed E-state index contributed by atoms with van der Waals surface area (Å²) in [6.07, 6.45) is -7.27. The van der Waals surface area contributed by atoms with Gasteiger partial charge in [0, 0.05) is 16.0 Å². The number of ether oxygens (including phenoxy) is 6. The number of methoxy groups -OCH3 is 2. The zero-order valence-electron chi connectivity index (χ0n) is 46.2. The highest BCUT2D eigenvalue weighted by molar-refractivity contribution is 8.07. The number of nitrogens with zero attached hydrogens (tertiary/aromatic N) is 8. The number of anilines is 2. The van der Waals surface area contributed by atoms with E-state index >= 15 is 4.39 Å². The SMILES string of the molecule is COc1ccc(C(OC[C@@]23CO[C@@H]([C@H](n4cnc5c(NC(=O)c6ccccc6)ncnc54)O2)[C@@H]3OP(=S)(OCCC#N)OC[C@H]2O[C@@H](n3cnc4c(=O)[nH]c(NC(=O)C(C)C)nc43)[C@H](O[P+](=O)O)[C@H]2F)(c2ccccc2)c2ccc(OC)cc2)cc1. The summed E-state index contributed by atoms with van der Waals surface area (Å²) >= 11 is 6.19. The smallest absolute Gasteiger partial charge is 0.497 e. The van der Waals surface area contributed by atoms with Crippen molar-refractivity contribution in [2.45, 2.75) is 74.5 Å². The predicted octanol–water partition coefficient (Wildman–Crippen LogP) is 7.33. The van der Waals surface area contributed by atoms with Gasteiger partial charge in [0.05, 0.1) is 65.8 Å². The summed E-state index contributed by atoms with van der Waals surface area (Å²) in [5, 5.41) is 15.1. The molecule has 11 rings (SSSR count). The van der Waals surface area contributed by atoms with Crippen LogP contribution in [0.4, 0.5) is 16.2 Å². The average Bonchev–Trinajstić information content (AvgIpc) is 1.56. The molecule has 4 aromatic heterocycles. The largest absolute Gasteiger partial charge is 0.695 e. The van der Waals surface area contributed by atoms with E-state index in [-0.39, 0.29) is 60.3 Å². The van der Waals surface area contributed by atoms with E-state index in [1.165, 1.54) is 12.7 Å². The van der Waals surface area contributed by atoms with Crippen molar-refractivity contribution in [3.8, 4) is 17.6 Å². The Morgan fingerprint density at radius 1 is 0.895 bits per heavy atom. The summed E-state index contributed by atoms with van der Waals surface area (Å²) in [5.41, 5.74) is -1.39. The van der Waals surface area contributed by atoms with Crippen molar-refractivity contribution in [1.29, 1.82) is 5.26 Å². The van der Waals surface area contributed by atoms with Gasteiger partial charge in [0.1, 0.15) is 47.3 Å². The molecule has 4 N–H and O–H groups in total. The highest BCUT2D eigenvalue weighted by atomic mass is 32.5. The minimum atomic E-state index is -4.29. The molecule has 3 aliphatic rings. The Morgan fingerprint density at radius 3 is 2.17 bits per heavy atom. The molecule has 3 saturated heterocycles. The van der Waals surface area contributed by atoms with E-state index in [0.29, 0.717) is 33.8 Å². The number of aromatic nitrogens is 8. The van der Waals surface area contributed by atoms with Gasteiger partial charge >= 0.3 is 15.0 Å². The van der Waals surface area contributed by atoms with Crippen molar-refractivity contribution in [3.63, 3.8) is 0 Å². The summed E-state index contributed by atoms with van der Waals surface area (Å²) in [7, 11) is -0.345. The number of halogens is 1. The molecule has 2 bridgehead atoms. The summed E-state index contributed by atoms with van der Waals surface area (Å²) in [6, 6.07) is 34.8. The van der Waals surface area contributed by atoms with Crippen LogP contribution in [0.15, 0.2) is 133 Å². The van der Waals surface area contributed by atoms with Crippen molar-refractivity contribution < 1.29 is 70.0 Å². The standard InChI is InChI=1S/C56H54FN11O15P2S/c1-32(2)49(69)65-54-64-48-42(51(71)66-54)62-31-68(48)52-43(82-84(72)73)40(57)39(80-52)26-79-85(86,78-25-11-24-58)83-45-44-53(67-30-61-41-46(59-29-60-47(41)67)63-50(70)33-12-7-5-8-13-33)81-55(45,27-76-44)28-77-56(34-14-9-6-10-15-34,35-16-20-37(74-3)21-17-35)36-18-22-38(75-4)23-19-36/h5-10,12-23,29-32,39-40,43-45,52-53H,11,25-28H2,1-4H3,(H3-,59,60,63,64,65,66,69,70,71,72,73)/p+1/t39-,40+,43-,44-,45+,52-,53-,55-,85?/m1/s1. The first-order valence-corrected chi connectivity index (χ1v) is 30.4. The topological polar surface area (TPSA) is 319 Å².